The highest BCUT2D eigenvalue weighted by molar-refractivity contribution is 6.11. The molecule has 0 saturated carbocycles. The van der Waals surface area contributed by atoms with E-state index in [1.54, 1.807) is 12.2 Å². The van der Waals surface area contributed by atoms with Crippen molar-refractivity contribution >= 4 is 50.2 Å². The Morgan fingerprint density at radius 1 is 0.457 bits per heavy atom. The van der Waals surface area contributed by atoms with E-state index < -0.39 is 0 Å². The van der Waals surface area contributed by atoms with Gasteiger partial charge in [-0.25, -0.2) is 4.39 Å². The molecular formula is C66H52FN3. The van der Waals surface area contributed by atoms with Gasteiger partial charge in [-0.1, -0.05) is 155 Å². The number of benzene rings is 9. The number of hydrogen-bond donors (Lipinski definition) is 0. The van der Waals surface area contributed by atoms with Gasteiger partial charge in [0.15, 0.2) is 0 Å². The number of para-hydroxylation sites is 3. The first kappa shape index (κ1) is 41.9. The third kappa shape index (κ3) is 6.46. The van der Waals surface area contributed by atoms with Gasteiger partial charge in [-0.05, 0) is 154 Å². The quantitative estimate of drug-likeness (QED) is 0.151. The maximum absolute atomic E-state index is 14.8. The lowest BCUT2D eigenvalue weighted by Crippen LogP contribution is -2.30. The lowest BCUT2D eigenvalue weighted by atomic mass is 9.82. The smallest absolute Gasteiger partial charge is 0.119 e. The Bertz CT molecular complexity index is 3780. The fraction of sp³-hybridized carbons (Fsp3) is 0.121. The molecule has 0 amide bonds. The van der Waals surface area contributed by atoms with Crippen LogP contribution in [-0.4, -0.2) is 10.6 Å². The summed E-state index contributed by atoms with van der Waals surface area (Å²) in [5.41, 5.74) is 21.3. The van der Waals surface area contributed by atoms with Crippen molar-refractivity contribution in [3.8, 4) is 39.1 Å². The molecule has 0 bridgehead atoms. The zero-order valence-electron chi connectivity index (χ0n) is 39.9. The molecule has 0 spiro atoms. The Kier molecular flexibility index (Phi) is 9.54. The lowest BCUT2D eigenvalue weighted by molar-refractivity contribution is 0.639. The zero-order chi connectivity index (χ0) is 47.3. The van der Waals surface area contributed by atoms with Crippen LogP contribution in [0.1, 0.15) is 56.4 Å². The summed E-state index contributed by atoms with van der Waals surface area (Å²) in [6.07, 6.45) is 5.87. The highest BCUT2D eigenvalue weighted by Crippen LogP contribution is 2.53. The van der Waals surface area contributed by atoms with Crippen LogP contribution in [-0.2, 0) is 10.8 Å². The third-order valence-electron chi connectivity index (χ3n) is 15.5. The average molecular weight is 906 g/mol. The van der Waals surface area contributed by atoms with Gasteiger partial charge in [0.2, 0.25) is 0 Å². The summed E-state index contributed by atoms with van der Waals surface area (Å²) in [5, 5.41) is 2.38. The first-order valence-corrected chi connectivity index (χ1v) is 24.6. The molecule has 0 radical (unpaired) electrons. The molecule has 9 aromatic carbocycles. The van der Waals surface area contributed by atoms with Crippen molar-refractivity contribution in [2.75, 3.05) is 9.80 Å². The van der Waals surface area contributed by atoms with Crippen molar-refractivity contribution in [3.05, 3.63) is 253 Å². The van der Waals surface area contributed by atoms with Crippen molar-refractivity contribution in [2.45, 2.75) is 51.0 Å². The maximum Gasteiger partial charge on any atom is 0.119 e. The summed E-state index contributed by atoms with van der Waals surface area (Å²) in [7, 11) is 0. The van der Waals surface area contributed by atoms with Gasteiger partial charge in [0.05, 0.1) is 17.1 Å². The van der Waals surface area contributed by atoms with E-state index >= 15 is 0 Å². The number of allylic oxidation sites excluding steroid dienone is 2. The molecule has 4 heteroatoms. The second-order valence-corrected chi connectivity index (χ2v) is 20.2. The van der Waals surface area contributed by atoms with Gasteiger partial charge < -0.3 is 14.4 Å². The summed E-state index contributed by atoms with van der Waals surface area (Å²) < 4.78 is 17.2. The minimum Gasteiger partial charge on any atom is -0.334 e. The molecule has 70 heavy (non-hydrogen) atoms. The lowest BCUT2D eigenvalue weighted by Gasteiger charge is -2.35. The number of halogens is 1. The largest absolute Gasteiger partial charge is 0.334 e. The van der Waals surface area contributed by atoms with Crippen LogP contribution in [0.4, 0.5) is 32.8 Å². The van der Waals surface area contributed by atoms with Gasteiger partial charge in [-0.3, -0.25) is 0 Å². The predicted molar refractivity (Wildman–Crippen MR) is 291 cm³/mol. The minimum atomic E-state index is -0.197. The number of nitrogens with zero attached hydrogens (tertiary/aromatic N) is 3. The van der Waals surface area contributed by atoms with Crippen molar-refractivity contribution in [1.82, 2.24) is 4.57 Å². The monoisotopic (exact) mass is 905 g/mol. The molecule has 3 aliphatic carbocycles. The van der Waals surface area contributed by atoms with Crippen molar-refractivity contribution in [2.24, 2.45) is 0 Å². The van der Waals surface area contributed by atoms with Gasteiger partial charge >= 0.3 is 0 Å². The fourth-order valence-electron chi connectivity index (χ4n) is 12.1. The molecule has 13 rings (SSSR count). The summed E-state index contributed by atoms with van der Waals surface area (Å²) in [6.45, 7) is 9.39. The van der Waals surface area contributed by atoms with Crippen LogP contribution in [0.25, 0.3) is 60.9 Å². The Morgan fingerprint density at radius 2 is 1.03 bits per heavy atom. The van der Waals surface area contributed by atoms with E-state index in [1.165, 1.54) is 60.8 Å². The van der Waals surface area contributed by atoms with Gasteiger partial charge in [-0.2, -0.15) is 0 Å². The Balaban J connectivity index is 1.02. The van der Waals surface area contributed by atoms with Gasteiger partial charge in [0, 0.05) is 61.3 Å². The van der Waals surface area contributed by atoms with Crippen LogP contribution < -0.4 is 9.80 Å². The number of hydrogen-bond acceptors (Lipinski definition) is 2. The Morgan fingerprint density at radius 3 is 1.73 bits per heavy atom. The van der Waals surface area contributed by atoms with E-state index in [0.29, 0.717) is 6.42 Å². The number of rotatable bonds is 8. The topological polar surface area (TPSA) is 11.4 Å². The second kappa shape index (κ2) is 15.9. The summed E-state index contributed by atoms with van der Waals surface area (Å²) >= 11 is 0. The SMILES string of the molecule is CC1(C)c2ccccc2-c2ccc(N(c3ccccc3)c3ccc(N(c4ccccc4)C4C=CC(F)=CC4)c(-c4ccc5c(c4)c4ccccc4n5-c4ccc5c(c4)C(C)(C)c4ccccc4-5)c3)cc21. The molecule has 0 aliphatic heterocycles. The number of fused-ring (bicyclic) bond motifs is 9. The highest BCUT2D eigenvalue weighted by atomic mass is 19.1. The molecule has 0 saturated heterocycles. The molecular weight excluding hydrogens is 854 g/mol. The number of aromatic nitrogens is 1. The van der Waals surface area contributed by atoms with Gasteiger partial charge in [0.1, 0.15) is 5.83 Å². The molecule has 1 heterocycles. The van der Waals surface area contributed by atoms with Crippen LogP contribution in [0.15, 0.2) is 230 Å². The average Bonchev–Trinajstić information content (AvgIpc) is 3.94. The molecule has 1 aromatic heterocycles. The second-order valence-electron chi connectivity index (χ2n) is 20.2. The van der Waals surface area contributed by atoms with E-state index in [2.05, 4.69) is 248 Å². The summed E-state index contributed by atoms with van der Waals surface area (Å²) in [5.74, 6) is -0.197. The third-order valence-corrected chi connectivity index (χ3v) is 15.5. The van der Waals surface area contributed by atoms with Crippen molar-refractivity contribution in [3.63, 3.8) is 0 Å². The Hall–Kier alpha value is -8.21. The van der Waals surface area contributed by atoms with Crippen molar-refractivity contribution < 1.29 is 4.39 Å². The zero-order valence-corrected chi connectivity index (χ0v) is 39.9. The molecule has 0 fully saturated rings. The maximum atomic E-state index is 14.8. The van der Waals surface area contributed by atoms with Crippen LogP contribution in [0, 0.1) is 0 Å². The van der Waals surface area contributed by atoms with Crippen LogP contribution in [0.2, 0.25) is 0 Å². The summed E-state index contributed by atoms with van der Waals surface area (Å²) in [6, 6.07) is 75.6. The van der Waals surface area contributed by atoms with Crippen molar-refractivity contribution in [1.29, 1.82) is 0 Å². The normalized spacial score (nSPS) is 15.8. The molecule has 1 atom stereocenters. The molecule has 3 nitrogen and oxygen atoms in total. The van der Waals surface area contributed by atoms with Gasteiger partial charge in [-0.15, -0.1) is 0 Å². The van der Waals surface area contributed by atoms with E-state index in [0.717, 1.165) is 50.8 Å². The van der Waals surface area contributed by atoms with E-state index in [-0.39, 0.29) is 22.7 Å². The molecule has 338 valence electrons. The summed E-state index contributed by atoms with van der Waals surface area (Å²) in [4.78, 5) is 4.79. The highest BCUT2D eigenvalue weighted by Gasteiger charge is 2.37. The predicted octanol–water partition coefficient (Wildman–Crippen LogP) is 17.9. The van der Waals surface area contributed by atoms with E-state index in [9.17, 15) is 4.39 Å². The van der Waals surface area contributed by atoms with Crippen LogP contribution in [0.3, 0.4) is 0 Å². The molecule has 10 aromatic rings. The molecule has 3 aliphatic rings. The first-order chi connectivity index (χ1) is 34.1. The molecule has 0 N–H and O–H groups in total. The minimum absolute atomic E-state index is 0.113. The van der Waals surface area contributed by atoms with Gasteiger partial charge in [0.25, 0.3) is 0 Å². The molecule has 1 unspecified atom stereocenters. The van der Waals surface area contributed by atoms with Crippen LogP contribution in [0.5, 0.6) is 0 Å². The first-order valence-electron chi connectivity index (χ1n) is 24.6. The Labute approximate surface area is 409 Å². The standard InChI is InChI=1S/C66H52FN3/c1-65(2)58-24-14-11-21-51(58)53-35-32-49(41-60(53)65)68(45-17-7-5-8-18-45)48-34-38-63(69(46-19-9-6-10-20-46)47-30-28-44(67)29-31-47)56(40-48)43-27-37-64-57(39-43)55-23-13-16-26-62(55)70(64)50-33-36-54-52-22-12-15-25-59(52)66(3,4)61(54)42-50/h5-30,32-42,47H,31H2,1-4H3. The van der Waals surface area contributed by atoms with Crippen LogP contribution >= 0.6 is 0 Å². The van der Waals surface area contributed by atoms with E-state index in [1.807, 2.05) is 6.08 Å². The number of anilines is 5. The van der Waals surface area contributed by atoms with E-state index in [4.69, 9.17) is 0 Å². The fourth-order valence-corrected chi connectivity index (χ4v) is 12.1.